The van der Waals surface area contributed by atoms with Crippen LogP contribution in [0.3, 0.4) is 0 Å². The second-order valence-electron chi connectivity index (χ2n) is 6.53. The number of amides is 1. The van der Waals surface area contributed by atoms with E-state index >= 15 is 0 Å². The summed E-state index contributed by atoms with van der Waals surface area (Å²) in [5.74, 6) is -1.38. The van der Waals surface area contributed by atoms with Crippen LogP contribution >= 0.6 is 11.6 Å². The van der Waals surface area contributed by atoms with E-state index in [9.17, 15) is 14.7 Å². The average molecular weight is 393 g/mol. The van der Waals surface area contributed by atoms with Gasteiger partial charge in [-0.2, -0.15) is 0 Å². The maximum Gasteiger partial charge on any atom is 0.308 e. The summed E-state index contributed by atoms with van der Waals surface area (Å²) in [4.78, 5) is 28.0. The highest BCUT2D eigenvalue weighted by molar-refractivity contribution is 6.30. The van der Waals surface area contributed by atoms with Crippen molar-refractivity contribution in [2.45, 2.75) is 19.3 Å². The van der Waals surface area contributed by atoms with Gasteiger partial charge in [0.25, 0.3) is 0 Å². The van der Waals surface area contributed by atoms with Gasteiger partial charge < -0.3 is 19.6 Å². The molecule has 1 saturated heterocycles. The van der Waals surface area contributed by atoms with Crippen LogP contribution in [0.1, 0.15) is 18.5 Å². The van der Waals surface area contributed by atoms with Crippen LogP contribution in [0, 0.1) is 11.8 Å². The van der Waals surface area contributed by atoms with Crippen LogP contribution in [0.2, 0.25) is 5.02 Å². The number of carbonyl (C=O) groups is 2. The van der Waals surface area contributed by atoms with Gasteiger partial charge >= 0.3 is 5.97 Å². The van der Waals surface area contributed by atoms with Crippen LogP contribution in [0.4, 0.5) is 0 Å². The van der Waals surface area contributed by atoms with E-state index in [0.29, 0.717) is 42.7 Å². The van der Waals surface area contributed by atoms with Crippen LogP contribution in [-0.4, -0.2) is 41.7 Å². The van der Waals surface area contributed by atoms with Crippen molar-refractivity contribution < 1.29 is 23.8 Å². The van der Waals surface area contributed by atoms with Crippen molar-refractivity contribution in [1.82, 2.24) is 10.3 Å². The quantitative estimate of drug-likeness (QED) is 0.751. The molecule has 3 rings (SSSR count). The molecule has 8 heteroatoms. The monoisotopic (exact) mass is 392 g/mol. The smallest absolute Gasteiger partial charge is 0.308 e. The zero-order chi connectivity index (χ0) is 19.2. The van der Waals surface area contributed by atoms with Crippen LogP contribution < -0.4 is 5.32 Å². The molecule has 1 aliphatic heterocycles. The first-order valence-electron chi connectivity index (χ1n) is 8.80. The fraction of sp³-hybridized carbons (Fsp3) is 0.421. The maximum atomic E-state index is 12.2. The zero-order valence-corrected chi connectivity index (χ0v) is 15.4. The minimum absolute atomic E-state index is 0.0140. The largest absolute Gasteiger partial charge is 0.481 e. The molecule has 144 valence electrons. The van der Waals surface area contributed by atoms with E-state index in [1.165, 1.54) is 6.26 Å². The molecule has 7 nitrogen and oxygen atoms in total. The Morgan fingerprint density at radius 2 is 1.96 bits per heavy atom. The van der Waals surface area contributed by atoms with Gasteiger partial charge in [-0.15, -0.1) is 0 Å². The number of rotatable bonds is 7. The molecule has 1 aromatic heterocycles. The van der Waals surface area contributed by atoms with E-state index in [4.69, 9.17) is 20.8 Å². The minimum Gasteiger partial charge on any atom is -0.481 e. The molecule has 1 atom stereocenters. The van der Waals surface area contributed by atoms with Gasteiger partial charge in [0, 0.05) is 30.3 Å². The number of hydrogen-bond acceptors (Lipinski definition) is 5. The average Bonchev–Trinajstić information content (AvgIpc) is 3.11. The third-order valence-electron chi connectivity index (χ3n) is 4.66. The van der Waals surface area contributed by atoms with Crippen molar-refractivity contribution in [3.8, 4) is 11.5 Å². The first-order chi connectivity index (χ1) is 13.0. The number of carboxylic acids is 1. The lowest BCUT2D eigenvalue weighted by atomic mass is 9.86. The molecule has 2 aromatic rings. The van der Waals surface area contributed by atoms with Crippen LogP contribution in [0.25, 0.3) is 11.5 Å². The summed E-state index contributed by atoms with van der Waals surface area (Å²) in [5, 5.41) is 12.8. The topological polar surface area (TPSA) is 102 Å². The molecule has 1 unspecified atom stereocenters. The Morgan fingerprint density at radius 3 is 2.63 bits per heavy atom. The highest BCUT2D eigenvalue weighted by Crippen LogP contribution is 2.24. The molecule has 1 fully saturated rings. The molecule has 1 amide bonds. The number of aromatic nitrogens is 1. The Labute approximate surface area is 161 Å². The molecule has 0 spiro atoms. The molecule has 27 heavy (non-hydrogen) atoms. The SMILES string of the molecule is O=C(Cc1coc(-c2ccc(Cl)cc2)n1)NCC(C(=O)O)C1CCOCC1. The molecule has 1 aliphatic rings. The van der Waals surface area contributed by atoms with Crippen molar-refractivity contribution in [2.24, 2.45) is 11.8 Å². The first kappa shape index (κ1) is 19.4. The number of carboxylic acid groups (broad SMARTS) is 1. The Kier molecular flexibility index (Phi) is 6.47. The number of ether oxygens (including phenoxy) is 1. The minimum atomic E-state index is -0.895. The van der Waals surface area contributed by atoms with Crippen molar-refractivity contribution in [3.63, 3.8) is 0 Å². The van der Waals surface area contributed by atoms with E-state index < -0.39 is 11.9 Å². The second-order valence-corrected chi connectivity index (χ2v) is 6.96. The van der Waals surface area contributed by atoms with E-state index in [2.05, 4.69) is 10.3 Å². The number of nitrogens with one attached hydrogen (secondary N) is 1. The summed E-state index contributed by atoms with van der Waals surface area (Å²) in [5.41, 5.74) is 1.24. The second kappa shape index (κ2) is 9.01. The lowest BCUT2D eigenvalue weighted by Gasteiger charge is -2.27. The maximum absolute atomic E-state index is 12.2. The fourth-order valence-corrected chi connectivity index (χ4v) is 3.26. The molecule has 2 heterocycles. The number of nitrogens with zero attached hydrogens (tertiary/aromatic N) is 1. The predicted molar refractivity (Wildman–Crippen MR) is 98.3 cm³/mol. The highest BCUT2D eigenvalue weighted by Gasteiger charge is 2.30. The van der Waals surface area contributed by atoms with E-state index in [0.717, 1.165) is 5.56 Å². The number of carbonyl (C=O) groups excluding carboxylic acids is 1. The molecule has 0 saturated carbocycles. The zero-order valence-electron chi connectivity index (χ0n) is 14.7. The summed E-state index contributed by atoms with van der Waals surface area (Å²) in [7, 11) is 0. The third-order valence-corrected chi connectivity index (χ3v) is 4.91. The Bertz CT molecular complexity index is 784. The van der Waals surface area contributed by atoms with Crippen LogP contribution in [0.5, 0.6) is 0 Å². The van der Waals surface area contributed by atoms with E-state index in [1.807, 2.05) is 0 Å². The lowest BCUT2D eigenvalue weighted by molar-refractivity contribution is -0.144. The molecule has 0 aliphatic carbocycles. The summed E-state index contributed by atoms with van der Waals surface area (Å²) in [6.45, 7) is 1.23. The van der Waals surface area contributed by atoms with E-state index in [1.54, 1.807) is 24.3 Å². The lowest BCUT2D eigenvalue weighted by Crippen LogP contribution is -2.39. The Morgan fingerprint density at radius 1 is 1.26 bits per heavy atom. The number of oxazole rings is 1. The van der Waals surface area contributed by atoms with Gasteiger partial charge in [0.2, 0.25) is 11.8 Å². The molecular weight excluding hydrogens is 372 g/mol. The molecule has 1 aromatic carbocycles. The Balaban J connectivity index is 1.54. The number of halogens is 1. The summed E-state index contributed by atoms with van der Waals surface area (Å²) in [6, 6.07) is 7.03. The number of aliphatic carboxylic acids is 1. The van der Waals surface area contributed by atoms with Gasteiger partial charge in [0.1, 0.15) is 6.26 Å². The predicted octanol–water partition coefficient (Wildman–Crippen LogP) is 2.78. The first-order valence-corrected chi connectivity index (χ1v) is 9.18. The van der Waals surface area contributed by atoms with Crippen LogP contribution in [0.15, 0.2) is 34.9 Å². The van der Waals surface area contributed by atoms with E-state index in [-0.39, 0.29) is 24.8 Å². The van der Waals surface area contributed by atoms with Gasteiger partial charge in [-0.25, -0.2) is 4.98 Å². The van der Waals surface area contributed by atoms with Gasteiger partial charge in [-0.3, -0.25) is 9.59 Å². The van der Waals surface area contributed by atoms with Crippen LogP contribution in [-0.2, 0) is 20.7 Å². The number of benzene rings is 1. The molecule has 2 N–H and O–H groups in total. The summed E-state index contributed by atoms with van der Waals surface area (Å²) >= 11 is 5.86. The van der Waals surface area contributed by atoms with Gasteiger partial charge in [-0.1, -0.05) is 11.6 Å². The van der Waals surface area contributed by atoms with Gasteiger partial charge in [0.15, 0.2) is 0 Å². The molecular formula is C19H21ClN2O5. The standard InChI is InChI=1S/C19H21ClN2O5/c20-14-3-1-13(2-4-14)18-22-15(11-27-18)9-17(23)21-10-16(19(24)25)12-5-7-26-8-6-12/h1-4,11-12,16H,5-10H2,(H,21,23)(H,24,25). The normalized spacial score (nSPS) is 16.0. The van der Waals surface area contributed by atoms with Crippen molar-refractivity contribution in [2.75, 3.05) is 19.8 Å². The third kappa shape index (κ3) is 5.30. The molecule has 0 bridgehead atoms. The molecule has 0 radical (unpaired) electrons. The Hall–Kier alpha value is -2.38. The number of hydrogen-bond donors (Lipinski definition) is 2. The van der Waals surface area contributed by atoms with Crippen molar-refractivity contribution in [3.05, 3.63) is 41.2 Å². The van der Waals surface area contributed by atoms with Crippen molar-refractivity contribution >= 4 is 23.5 Å². The highest BCUT2D eigenvalue weighted by atomic mass is 35.5. The fourth-order valence-electron chi connectivity index (χ4n) is 3.14. The summed E-state index contributed by atoms with van der Waals surface area (Å²) in [6.07, 6.45) is 2.84. The van der Waals surface area contributed by atoms with Gasteiger partial charge in [0.05, 0.1) is 18.0 Å². The summed E-state index contributed by atoms with van der Waals surface area (Å²) < 4.78 is 10.7. The van der Waals surface area contributed by atoms with Gasteiger partial charge in [-0.05, 0) is 43.0 Å². The van der Waals surface area contributed by atoms with Crippen molar-refractivity contribution in [1.29, 1.82) is 0 Å².